The predicted octanol–water partition coefficient (Wildman–Crippen LogP) is 1.28. The van der Waals surface area contributed by atoms with Crippen LogP contribution in [-0.4, -0.2) is 32.9 Å². The molecule has 1 saturated heterocycles. The summed E-state index contributed by atoms with van der Waals surface area (Å²) in [6, 6.07) is 3.62. The summed E-state index contributed by atoms with van der Waals surface area (Å²) in [5.41, 5.74) is 2.58. The highest BCUT2D eigenvalue weighted by Crippen LogP contribution is 2.30. The van der Waals surface area contributed by atoms with Crippen LogP contribution in [0.2, 0.25) is 0 Å². The number of hydrogen-bond acceptors (Lipinski definition) is 3. The lowest BCUT2D eigenvalue weighted by Crippen LogP contribution is -2.21. The van der Waals surface area contributed by atoms with Gasteiger partial charge in [-0.1, -0.05) is 0 Å². The quantitative estimate of drug-likeness (QED) is 0.826. The SMILES string of the molecule is COc1cc(C)c(C)cc1NS(=O)(=O)N1CC1. The van der Waals surface area contributed by atoms with Crippen LogP contribution in [0.1, 0.15) is 11.1 Å². The maximum atomic E-state index is 11.8. The fourth-order valence-electron chi connectivity index (χ4n) is 1.52. The highest BCUT2D eigenvalue weighted by Gasteiger charge is 2.32. The maximum absolute atomic E-state index is 11.8. The predicted molar refractivity (Wildman–Crippen MR) is 66.6 cm³/mol. The molecule has 1 aromatic carbocycles. The van der Waals surface area contributed by atoms with Crippen molar-refractivity contribution in [3.05, 3.63) is 23.3 Å². The van der Waals surface area contributed by atoms with Gasteiger partial charge in [0.25, 0.3) is 0 Å². The summed E-state index contributed by atoms with van der Waals surface area (Å²) in [4.78, 5) is 0. The summed E-state index contributed by atoms with van der Waals surface area (Å²) < 4.78 is 32.7. The number of ether oxygens (including phenoxy) is 1. The van der Waals surface area contributed by atoms with Gasteiger partial charge in [0, 0.05) is 13.1 Å². The van der Waals surface area contributed by atoms with Gasteiger partial charge >= 0.3 is 10.2 Å². The molecule has 6 heteroatoms. The molecule has 1 fully saturated rings. The molecule has 1 aliphatic rings. The molecule has 0 bridgehead atoms. The lowest BCUT2D eigenvalue weighted by molar-refractivity contribution is 0.416. The molecule has 0 aliphatic carbocycles. The van der Waals surface area contributed by atoms with Gasteiger partial charge in [0.15, 0.2) is 0 Å². The molecule has 0 aromatic heterocycles. The van der Waals surface area contributed by atoms with Gasteiger partial charge in [-0.05, 0) is 37.1 Å². The fourth-order valence-corrected chi connectivity index (χ4v) is 2.65. The Bertz CT molecular complexity index is 536. The number of rotatable bonds is 4. The van der Waals surface area contributed by atoms with Crippen molar-refractivity contribution in [3.8, 4) is 5.75 Å². The van der Waals surface area contributed by atoms with Crippen molar-refractivity contribution in [1.29, 1.82) is 0 Å². The Hall–Kier alpha value is -1.27. The number of aryl methyl sites for hydroxylation is 2. The van der Waals surface area contributed by atoms with Gasteiger partial charge in [-0.25, -0.2) is 0 Å². The first kappa shape index (κ1) is 12.2. The molecule has 5 nitrogen and oxygen atoms in total. The van der Waals surface area contributed by atoms with E-state index in [0.717, 1.165) is 11.1 Å². The zero-order valence-corrected chi connectivity index (χ0v) is 11.0. The molecule has 0 radical (unpaired) electrons. The van der Waals surface area contributed by atoms with Crippen LogP contribution in [0.15, 0.2) is 12.1 Å². The van der Waals surface area contributed by atoms with E-state index in [1.54, 1.807) is 6.07 Å². The molecule has 1 aromatic rings. The first-order chi connectivity index (χ1) is 7.94. The second-order valence-electron chi connectivity index (χ2n) is 4.14. The molecule has 0 saturated carbocycles. The van der Waals surface area contributed by atoms with E-state index < -0.39 is 10.2 Å². The van der Waals surface area contributed by atoms with Gasteiger partial charge in [-0.2, -0.15) is 12.7 Å². The normalized spacial score (nSPS) is 15.7. The third kappa shape index (κ3) is 2.53. The minimum absolute atomic E-state index is 0.488. The summed E-state index contributed by atoms with van der Waals surface area (Å²) >= 11 is 0. The van der Waals surface area contributed by atoms with E-state index in [2.05, 4.69) is 4.72 Å². The summed E-state index contributed by atoms with van der Waals surface area (Å²) in [6.07, 6.45) is 0. The Kier molecular flexibility index (Phi) is 3.01. The average Bonchev–Trinajstić information content (AvgIpc) is 3.06. The Morgan fingerprint density at radius 2 is 1.82 bits per heavy atom. The molecule has 1 N–H and O–H groups in total. The van der Waals surface area contributed by atoms with E-state index in [0.29, 0.717) is 24.5 Å². The zero-order chi connectivity index (χ0) is 12.6. The van der Waals surface area contributed by atoms with E-state index in [1.807, 2.05) is 19.9 Å². The van der Waals surface area contributed by atoms with Crippen molar-refractivity contribution in [2.45, 2.75) is 13.8 Å². The highest BCUT2D eigenvalue weighted by atomic mass is 32.2. The van der Waals surface area contributed by atoms with Gasteiger partial charge in [-0.3, -0.25) is 4.72 Å². The Morgan fingerprint density at radius 1 is 1.24 bits per heavy atom. The molecule has 0 spiro atoms. The topological polar surface area (TPSA) is 58.4 Å². The number of nitrogens with one attached hydrogen (secondary N) is 1. The maximum Gasteiger partial charge on any atom is 0.301 e. The van der Waals surface area contributed by atoms with Crippen LogP contribution in [0.5, 0.6) is 5.75 Å². The summed E-state index contributed by atoms with van der Waals surface area (Å²) in [5.74, 6) is 0.540. The van der Waals surface area contributed by atoms with Crippen molar-refractivity contribution in [2.75, 3.05) is 24.9 Å². The minimum atomic E-state index is -3.40. The first-order valence-electron chi connectivity index (χ1n) is 5.37. The van der Waals surface area contributed by atoms with Gasteiger partial charge < -0.3 is 4.74 Å². The van der Waals surface area contributed by atoms with Crippen LogP contribution in [0.4, 0.5) is 5.69 Å². The highest BCUT2D eigenvalue weighted by molar-refractivity contribution is 7.90. The minimum Gasteiger partial charge on any atom is -0.495 e. The number of benzene rings is 1. The molecule has 0 amide bonds. The third-order valence-electron chi connectivity index (χ3n) is 2.80. The van der Waals surface area contributed by atoms with Gasteiger partial charge in [-0.15, -0.1) is 0 Å². The smallest absolute Gasteiger partial charge is 0.301 e. The largest absolute Gasteiger partial charge is 0.495 e. The molecule has 0 unspecified atom stereocenters. The molecular weight excluding hydrogens is 240 g/mol. The van der Waals surface area contributed by atoms with Crippen molar-refractivity contribution in [1.82, 2.24) is 4.31 Å². The van der Waals surface area contributed by atoms with Crippen LogP contribution >= 0.6 is 0 Å². The van der Waals surface area contributed by atoms with Gasteiger partial charge in [0.2, 0.25) is 0 Å². The van der Waals surface area contributed by atoms with Crippen LogP contribution < -0.4 is 9.46 Å². The number of methoxy groups -OCH3 is 1. The first-order valence-corrected chi connectivity index (χ1v) is 6.81. The van der Waals surface area contributed by atoms with Gasteiger partial charge in [0.1, 0.15) is 5.75 Å². The monoisotopic (exact) mass is 256 g/mol. The molecule has 1 aliphatic heterocycles. The standard InChI is InChI=1S/C11H16N2O3S/c1-8-6-10(11(16-3)7-9(8)2)12-17(14,15)13-4-5-13/h6-7,12H,4-5H2,1-3H3. The summed E-state index contributed by atoms with van der Waals surface area (Å²) in [7, 11) is -1.87. The van der Waals surface area contributed by atoms with Crippen LogP contribution in [0, 0.1) is 13.8 Å². The molecule has 1 heterocycles. The molecule has 94 valence electrons. The number of anilines is 1. The third-order valence-corrected chi connectivity index (χ3v) is 4.32. The van der Waals surface area contributed by atoms with Crippen LogP contribution in [0.3, 0.4) is 0 Å². The van der Waals surface area contributed by atoms with Crippen molar-refractivity contribution in [3.63, 3.8) is 0 Å². The Labute approximate surface area is 102 Å². The lowest BCUT2D eigenvalue weighted by atomic mass is 10.1. The average molecular weight is 256 g/mol. The summed E-state index contributed by atoms with van der Waals surface area (Å²) in [5, 5.41) is 0. The molecule has 17 heavy (non-hydrogen) atoms. The van der Waals surface area contributed by atoms with Crippen molar-refractivity contribution in [2.24, 2.45) is 0 Å². The summed E-state index contributed by atoms with van der Waals surface area (Å²) in [6.45, 7) is 5.06. The molecule has 2 rings (SSSR count). The lowest BCUT2D eigenvalue weighted by Gasteiger charge is -2.14. The van der Waals surface area contributed by atoms with E-state index in [4.69, 9.17) is 4.74 Å². The second-order valence-corrected chi connectivity index (χ2v) is 5.81. The Morgan fingerprint density at radius 3 is 2.35 bits per heavy atom. The molecular formula is C11H16N2O3S. The van der Waals surface area contributed by atoms with E-state index in [1.165, 1.54) is 11.4 Å². The van der Waals surface area contributed by atoms with Crippen LogP contribution in [0.25, 0.3) is 0 Å². The van der Waals surface area contributed by atoms with E-state index in [-0.39, 0.29) is 0 Å². The molecule has 0 atom stereocenters. The van der Waals surface area contributed by atoms with E-state index >= 15 is 0 Å². The number of nitrogens with zero attached hydrogens (tertiary/aromatic N) is 1. The van der Waals surface area contributed by atoms with Crippen molar-refractivity contribution < 1.29 is 13.2 Å². The van der Waals surface area contributed by atoms with Gasteiger partial charge in [0.05, 0.1) is 12.8 Å². The fraction of sp³-hybridized carbons (Fsp3) is 0.455. The van der Waals surface area contributed by atoms with E-state index in [9.17, 15) is 8.42 Å². The zero-order valence-electron chi connectivity index (χ0n) is 10.1. The number of hydrogen-bond donors (Lipinski definition) is 1. The second kappa shape index (κ2) is 4.19. The van der Waals surface area contributed by atoms with Crippen LogP contribution in [-0.2, 0) is 10.2 Å². The van der Waals surface area contributed by atoms with Crippen molar-refractivity contribution >= 4 is 15.9 Å². The Balaban J connectivity index is 2.34.